The molecule has 2 aromatic carbocycles. The SMILES string of the molecule is O=C(NCCCN1CCOCC1)c1ccc2c(c1)C(=O)c1ccccc1C2=O. The summed E-state index contributed by atoms with van der Waals surface area (Å²) in [6, 6.07) is 11.5. The van der Waals surface area contributed by atoms with Crippen LogP contribution >= 0.6 is 0 Å². The van der Waals surface area contributed by atoms with Gasteiger partial charge in [-0.2, -0.15) is 0 Å². The van der Waals surface area contributed by atoms with Crippen molar-refractivity contribution in [3.05, 3.63) is 70.3 Å². The van der Waals surface area contributed by atoms with Gasteiger partial charge in [0.2, 0.25) is 0 Å². The third kappa shape index (κ3) is 3.61. The topological polar surface area (TPSA) is 75.7 Å². The monoisotopic (exact) mass is 378 g/mol. The summed E-state index contributed by atoms with van der Waals surface area (Å²) in [4.78, 5) is 40.2. The summed E-state index contributed by atoms with van der Waals surface area (Å²) in [5, 5.41) is 2.90. The fourth-order valence-corrected chi connectivity index (χ4v) is 3.67. The van der Waals surface area contributed by atoms with Crippen LogP contribution in [0.3, 0.4) is 0 Å². The van der Waals surface area contributed by atoms with Gasteiger partial charge >= 0.3 is 0 Å². The van der Waals surface area contributed by atoms with Crippen LogP contribution in [0.5, 0.6) is 0 Å². The summed E-state index contributed by atoms with van der Waals surface area (Å²) in [5.41, 5.74) is 1.85. The van der Waals surface area contributed by atoms with Crippen LogP contribution in [-0.4, -0.2) is 61.8 Å². The fraction of sp³-hybridized carbons (Fsp3) is 0.318. The molecule has 6 heteroatoms. The Labute approximate surface area is 163 Å². The lowest BCUT2D eigenvalue weighted by molar-refractivity contribution is 0.0374. The van der Waals surface area contributed by atoms with E-state index in [-0.39, 0.29) is 17.5 Å². The number of rotatable bonds is 5. The van der Waals surface area contributed by atoms with E-state index in [1.54, 1.807) is 36.4 Å². The first-order chi connectivity index (χ1) is 13.6. The Morgan fingerprint density at radius 1 is 0.929 bits per heavy atom. The van der Waals surface area contributed by atoms with Crippen molar-refractivity contribution in [3.8, 4) is 0 Å². The molecule has 0 atom stereocenters. The second-order valence-corrected chi connectivity index (χ2v) is 7.03. The van der Waals surface area contributed by atoms with E-state index in [1.165, 1.54) is 6.07 Å². The van der Waals surface area contributed by atoms with E-state index in [0.29, 0.717) is 34.4 Å². The van der Waals surface area contributed by atoms with Crippen molar-refractivity contribution in [1.82, 2.24) is 10.2 Å². The van der Waals surface area contributed by atoms with Gasteiger partial charge < -0.3 is 10.1 Å². The minimum absolute atomic E-state index is 0.178. The molecule has 1 N–H and O–H groups in total. The van der Waals surface area contributed by atoms with Gasteiger partial charge in [0.15, 0.2) is 11.6 Å². The van der Waals surface area contributed by atoms with Gasteiger partial charge in [-0.05, 0) is 31.2 Å². The Balaban J connectivity index is 1.41. The summed E-state index contributed by atoms with van der Waals surface area (Å²) in [6.07, 6.45) is 0.849. The van der Waals surface area contributed by atoms with E-state index in [1.807, 2.05) is 0 Å². The summed E-state index contributed by atoms with van der Waals surface area (Å²) in [7, 11) is 0. The lowest BCUT2D eigenvalue weighted by atomic mass is 9.83. The number of hydrogen-bond donors (Lipinski definition) is 1. The van der Waals surface area contributed by atoms with Crippen LogP contribution in [0, 0.1) is 0 Å². The van der Waals surface area contributed by atoms with Gasteiger partial charge in [-0.1, -0.05) is 24.3 Å². The predicted octanol–water partition coefficient (Wildman–Crippen LogP) is 1.91. The maximum atomic E-state index is 12.8. The van der Waals surface area contributed by atoms with E-state index in [4.69, 9.17) is 4.74 Å². The molecule has 0 spiro atoms. The summed E-state index contributed by atoms with van der Waals surface area (Å²) >= 11 is 0. The first kappa shape index (κ1) is 18.5. The molecule has 0 saturated carbocycles. The third-order valence-electron chi connectivity index (χ3n) is 5.23. The predicted molar refractivity (Wildman–Crippen MR) is 104 cm³/mol. The molecule has 0 aromatic heterocycles. The smallest absolute Gasteiger partial charge is 0.251 e. The lowest BCUT2D eigenvalue weighted by Crippen LogP contribution is -2.38. The number of amides is 1. The molecule has 1 saturated heterocycles. The van der Waals surface area contributed by atoms with E-state index < -0.39 is 0 Å². The highest BCUT2D eigenvalue weighted by Gasteiger charge is 2.29. The van der Waals surface area contributed by atoms with Crippen LogP contribution in [-0.2, 0) is 4.74 Å². The summed E-state index contributed by atoms with van der Waals surface area (Å²) < 4.78 is 5.32. The number of nitrogens with one attached hydrogen (secondary N) is 1. The molecule has 28 heavy (non-hydrogen) atoms. The van der Waals surface area contributed by atoms with Crippen LogP contribution in [0.4, 0.5) is 0 Å². The van der Waals surface area contributed by atoms with Gasteiger partial charge in [0.05, 0.1) is 13.2 Å². The third-order valence-corrected chi connectivity index (χ3v) is 5.23. The second kappa shape index (κ2) is 8.04. The lowest BCUT2D eigenvalue weighted by Gasteiger charge is -2.26. The summed E-state index contributed by atoms with van der Waals surface area (Å²) in [5.74, 6) is -0.626. The molecule has 0 bridgehead atoms. The molecule has 2 aromatic rings. The molecular weight excluding hydrogens is 356 g/mol. The van der Waals surface area contributed by atoms with E-state index in [2.05, 4.69) is 10.2 Å². The molecule has 4 rings (SSSR count). The van der Waals surface area contributed by atoms with Crippen molar-refractivity contribution in [2.75, 3.05) is 39.4 Å². The van der Waals surface area contributed by atoms with E-state index in [9.17, 15) is 14.4 Å². The van der Waals surface area contributed by atoms with Gasteiger partial charge in [-0.15, -0.1) is 0 Å². The van der Waals surface area contributed by atoms with Crippen molar-refractivity contribution in [2.45, 2.75) is 6.42 Å². The van der Waals surface area contributed by atoms with Crippen LogP contribution in [0.15, 0.2) is 42.5 Å². The number of nitrogens with zero attached hydrogens (tertiary/aromatic N) is 1. The number of carbonyl (C=O) groups excluding carboxylic acids is 3. The number of morpholine rings is 1. The maximum absolute atomic E-state index is 12.8. The molecule has 1 heterocycles. The van der Waals surface area contributed by atoms with Crippen LogP contribution < -0.4 is 5.32 Å². The molecule has 1 aliphatic carbocycles. The molecular formula is C22H22N2O4. The molecule has 2 aliphatic rings. The zero-order valence-electron chi connectivity index (χ0n) is 15.6. The van der Waals surface area contributed by atoms with Gasteiger partial charge in [0.25, 0.3) is 5.91 Å². The number of benzene rings is 2. The molecule has 0 radical (unpaired) electrons. The highest BCUT2D eigenvalue weighted by Crippen LogP contribution is 2.27. The van der Waals surface area contributed by atoms with Crippen LogP contribution in [0.25, 0.3) is 0 Å². The number of ether oxygens (including phenoxy) is 1. The molecule has 1 aliphatic heterocycles. The van der Waals surface area contributed by atoms with Gasteiger partial charge in [0.1, 0.15) is 0 Å². The molecule has 6 nitrogen and oxygen atoms in total. The highest BCUT2D eigenvalue weighted by molar-refractivity contribution is 6.28. The number of hydrogen-bond acceptors (Lipinski definition) is 5. The Morgan fingerprint density at radius 2 is 1.57 bits per heavy atom. The summed E-state index contributed by atoms with van der Waals surface area (Å²) in [6.45, 7) is 4.85. The van der Waals surface area contributed by atoms with Crippen molar-refractivity contribution >= 4 is 17.5 Å². The van der Waals surface area contributed by atoms with Crippen molar-refractivity contribution < 1.29 is 19.1 Å². The van der Waals surface area contributed by atoms with Crippen LogP contribution in [0.2, 0.25) is 0 Å². The zero-order valence-corrected chi connectivity index (χ0v) is 15.6. The standard InChI is InChI=1S/C22H22N2O4/c25-20-16-4-1-2-5-17(16)21(26)19-14-15(6-7-18(19)20)22(27)23-8-3-9-24-10-12-28-13-11-24/h1-2,4-7,14H,3,8-13H2,(H,23,27). The van der Waals surface area contributed by atoms with Gasteiger partial charge in [-0.3, -0.25) is 19.3 Å². The quantitative estimate of drug-likeness (QED) is 0.687. The number of ketones is 2. The number of carbonyl (C=O) groups is 3. The number of fused-ring (bicyclic) bond motifs is 2. The first-order valence-electron chi connectivity index (χ1n) is 9.56. The molecule has 144 valence electrons. The molecule has 1 fully saturated rings. The zero-order chi connectivity index (χ0) is 19.5. The normalized spacial score (nSPS) is 16.4. The molecule has 0 unspecified atom stereocenters. The van der Waals surface area contributed by atoms with Crippen molar-refractivity contribution in [3.63, 3.8) is 0 Å². The van der Waals surface area contributed by atoms with Gasteiger partial charge in [0, 0.05) is 47.5 Å². The minimum atomic E-state index is -0.233. The van der Waals surface area contributed by atoms with E-state index >= 15 is 0 Å². The fourth-order valence-electron chi connectivity index (χ4n) is 3.67. The maximum Gasteiger partial charge on any atom is 0.251 e. The highest BCUT2D eigenvalue weighted by atomic mass is 16.5. The Hall–Kier alpha value is -2.83. The van der Waals surface area contributed by atoms with Crippen molar-refractivity contribution in [1.29, 1.82) is 0 Å². The Bertz CT molecular complexity index is 932. The Kier molecular flexibility index (Phi) is 5.32. The second-order valence-electron chi connectivity index (χ2n) is 7.03. The van der Waals surface area contributed by atoms with E-state index in [0.717, 1.165) is 39.3 Å². The largest absolute Gasteiger partial charge is 0.379 e. The minimum Gasteiger partial charge on any atom is -0.379 e. The Morgan fingerprint density at radius 3 is 2.29 bits per heavy atom. The van der Waals surface area contributed by atoms with Crippen LogP contribution in [0.1, 0.15) is 48.6 Å². The van der Waals surface area contributed by atoms with Crippen molar-refractivity contribution in [2.24, 2.45) is 0 Å². The van der Waals surface area contributed by atoms with Gasteiger partial charge in [-0.25, -0.2) is 0 Å². The average Bonchev–Trinajstić information content (AvgIpc) is 2.75. The first-order valence-corrected chi connectivity index (χ1v) is 9.56. The average molecular weight is 378 g/mol. The molecule has 1 amide bonds.